The summed E-state index contributed by atoms with van der Waals surface area (Å²) in [7, 11) is 0. The van der Waals surface area contributed by atoms with Crippen molar-refractivity contribution in [3.63, 3.8) is 0 Å². The van der Waals surface area contributed by atoms with Gasteiger partial charge in [-0.2, -0.15) is 0 Å². The highest BCUT2D eigenvalue weighted by Crippen LogP contribution is 2.22. The molecule has 3 rings (SSSR count). The van der Waals surface area contributed by atoms with Gasteiger partial charge in [0.25, 0.3) is 5.91 Å². The topological polar surface area (TPSA) is 52.6 Å². The predicted molar refractivity (Wildman–Crippen MR) is 100 cm³/mol. The van der Waals surface area contributed by atoms with Crippen LogP contribution in [-0.4, -0.2) is 35.1 Å². The number of aliphatic hydroxyl groups excluding tert-OH is 1. The molecule has 1 aliphatic heterocycles. The van der Waals surface area contributed by atoms with Crippen molar-refractivity contribution in [2.45, 2.75) is 32.0 Å². The molecule has 1 amide bonds. The first-order valence-electron chi connectivity index (χ1n) is 8.11. The van der Waals surface area contributed by atoms with E-state index in [1.165, 1.54) is 16.9 Å². The molecule has 2 heterocycles. The number of likely N-dealkylation sites (tertiary alicyclic amines) is 1. The minimum absolute atomic E-state index is 0.0483. The van der Waals surface area contributed by atoms with Gasteiger partial charge in [0.1, 0.15) is 4.88 Å². The Morgan fingerprint density at radius 1 is 1.21 bits per heavy atom. The number of thiophene rings is 1. The van der Waals surface area contributed by atoms with E-state index in [4.69, 9.17) is 0 Å². The lowest BCUT2D eigenvalue weighted by molar-refractivity contribution is 0.0792. The van der Waals surface area contributed by atoms with Crippen LogP contribution >= 0.6 is 27.3 Å². The van der Waals surface area contributed by atoms with E-state index in [0.717, 1.165) is 42.5 Å². The third-order valence-corrected chi connectivity index (χ3v) is 6.10. The van der Waals surface area contributed by atoms with Gasteiger partial charge in [-0.3, -0.25) is 9.69 Å². The van der Waals surface area contributed by atoms with E-state index in [1.54, 1.807) is 0 Å². The van der Waals surface area contributed by atoms with Crippen molar-refractivity contribution in [3.05, 3.63) is 56.2 Å². The van der Waals surface area contributed by atoms with E-state index < -0.39 is 0 Å². The van der Waals surface area contributed by atoms with Crippen molar-refractivity contribution < 1.29 is 9.90 Å². The standard InChI is InChI=1S/C18H21BrN2O2S/c19-16-7-10-24-17(16)18(23)20-11-13-1-3-14(4-2-13)12-21-8-5-15(22)6-9-21/h1-4,7,10,15,22H,5-6,8-9,11-12H2,(H,20,23). The molecule has 0 unspecified atom stereocenters. The van der Waals surface area contributed by atoms with Gasteiger partial charge >= 0.3 is 0 Å². The Hall–Kier alpha value is -1.21. The molecule has 6 heteroatoms. The van der Waals surface area contributed by atoms with Crippen molar-refractivity contribution in [2.75, 3.05) is 13.1 Å². The molecule has 2 N–H and O–H groups in total. The highest BCUT2D eigenvalue weighted by atomic mass is 79.9. The molecule has 1 aliphatic rings. The number of nitrogens with one attached hydrogen (secondary N) is 1. The number of hydrogen-bond donors (Lipinski definition) is 2. The Balaban J connectivity index is 1.49. The third-order valence-electron chi connectivity index (χ3n) is 4.26. The summed E-state index contributed by atoms with van der Waals surface area (Å²) in [5.74, 6) is -0.0483. The minimum atomic E-state index is -0.129. The predicted octanol–water partition coefficient (Wildman–Crippen LogP) is 3.40. The average molecular weight is 409 g/mol. The van der Waals surface area contributed by atoms with Gasteiger partial charge in [-0.1, -0.05) is 24.3 Å². The van der Waals surface area contributed by atoms with Crippen LogP contribution in [0.2, 0.25) is 0 Å². The summed E-state index contributed by atoms with van der Waals surface area (Å²) in [6.07, 6.45) is 1.60. The maximum Gasteiger partial charge on any atom is 0.262 e. The van der Waals surface area contributed by atoms with Crippen molar-refractivity contribution in [3.8, 4) is 0 Å². The second-order valence-corrected chi connectivity index (χ2v) is 7.87. The van der Waals surface area contributed by atoms with E-state index in [2.05, 4.69) is 50.4 Å². The highest BCUT2D eigenvalue weighted by molar-refractivity contribution is 9.10. The van der Waals surface area contributed by atoms with Crippen LogP contribution in [0.1, 0.15) is 33.6 Å². The summed E-state index contributed by atoms with van der Waals surface area (Å²) >= 11 is 4.82. The number of hydrogen-bond acceptors (Lipinski definition) is 4. The molecule has 0 spiro atoms. The normalized spacial score (nSPS) is 16.2. The van der Waals surface area contributed by atoms with Crippen LogP contribution < -0.4 is 5.32 Å². The maximum atomic E-state index is 12.1. The number of aliphatic hydroxyl groups is 1. The van der Waals surface area contributed by atoms with Crippen molar-refractivity contribution in [1.29, 1.82) is 0 Å². The SMILES string of the molecule is O=C(NCc1ccc(CN2CCC(O)CC2)cc1)c1sccc1Br. The molecule has 0 bridgehead atoms. The Labute approximate surface area is 154 Å². The maximum absolute atomic E-state index is 12.1. The van der Waals surface area contributed by atoms with E-state index in [-0.39, 0.29) is 12.0 Å². The molecule has 128 valence electrons. The molecule has 0 aliphatic carbocycles. The molecule has 24 heavy (non-hydrogen) atoms. The molecule has 0 atom stereocenters. The third kappa shape index (κ3) is 4.66. The van der Waals surface area contributed by atoms with Crippen molar-refractivity contribution >= 4 is 33.2 Å². The van der Waals surface area contributed by atoms with Gasteiger partial charge in [-0.05, 0) is 51.3 Å². The first-order valence-corrected chi connectivity index (χ1v) is 9.78. The van der Waals surface area contributed by atoms with E-state index in [1.807, 2.05) is 11.4 Å². The number of halogens is 1. The Bertz CT molecular complexity index is 679. The van der Waals surface area contributed by atoms with Crippen LogP contribution in [0.15, 0.2) is 40.2 Å². The molecule has 1 fully saturated rings. The van der Waals surface area contributed by atoms with E-state index >= 15 is 0 Å². The summed E-state index contributed by atoms with van der Waals surface area (Å²) in [5.41, 5.74) is 2.36. The van der Waals surface area contributed by atoms with Crippen molar-refractivity contribution in [2.24, 2.45) is 0 Å². The summed E-state index contributed by atoms with van der Waals surface area (Å²) < 4.78 is 0.840. The fourth-order valence-corrected chi connectivity index (χ4v) is 4.28. The smallest absolute Gasteiger partial charge is 0.262 e. The number of carbonyl (C=O) groups excluding carboxylic acids is 1. The first kappa shape index (κ1) is 17.6. The van der Waals surface area contributed by atoms with E-state index in [0.29, 0.717) is 11.4 Å². The summed E-state index contributed by atoms with van der Waals surface area (Å²) in [6, 6.07) is 10.3. The number of amides is 1. The number of rotatable bonds is 5. The number of benzene rings is 1. The largest absolute Gasteiger partial charge is 0.393 e. The average Bonchev–Trinajstić information content (AvgIpc) is 3.02. The molecule has 0 radical (unpaired) electrons. The summed E-state index contributed by atoms with van der Waals surface area (Å²) in [5, 5.41) is 14.4. The molecule has 0 saturated carbocycles. The molecule has 2 aromatic rings. The zero-order chi connectivity index (χ0) is 16.9. The van der Waals surface area contributed by atoms with Gasteiger partial charge in [0.15, 0.2) is 0 Å². The molecule has 4 nitrogen and oxygen atoms in total. The van der Waals surface area contributed by atoms with Crippen LogP contribution in [0, 0.1) is 0 Å². The Morgan fingerprint density at radius 2 is 1.88 bits per heavy atom. The lowest BCUT2D eigenvalue weighted by atomic mass is 10.1. The van der Waals surface area contributed by atoms with Gasteiger partial charge in [-0.25, -0.2) is 0 Å². The van der Waals surface area contributed by atoms with Gasteiger partial charge in [0.05, 0.1) is 6.10 Å². The lowest BCUT2D eigenvalue weighted by Gasteiger charge is -2.29. The second-order valence-electron chi connectivity index (χ2n) is 6.10. The van der Waals surface area contributed by atoms with Crippen LogP contribution in [0.3, 0.4) is 0 Å². The van der Waals surface area contributed by atoms with Gasteiger partial charge in [0, 0.05) is 30.7 Å². The zero-order valence-corrected chi connectivity index (χ0v) is 15.8. The summed E-state index contributed by atoms with van der Waals surface area (Å²) in [6.45, 7) is 3.35. The molecule has 1 saturated heterocycles. The Morgan fingerprint density at radius 3 is 2.50 bits per heavy atom. The second kappa shape index (κ2) is 8.25. The zero-order valence-electron chi connectivity index (χ0n) is 13.4. The number of nitrogens with zero attached hydrogens (tertiary/aromatic N) is 1. The minimum Gasteiger partial charge on any atom is -0.393 e. The number of carbonyl (C=O) groups is 1. The van der Waals surface area contributed by atoms with Gasteiger partial charge in [-0.15, -0.1) is 11.3 Å². The molecule has 1 aromatic carbocycles. The fraction of sp³-hybridized carbons (Fsp3) is 0.389. The quantitative estimate of drug-likeness (QED) is 0.796. The van der Waals surface area contributed by atoms with Crippen LogP contribution in [0.25, 0.3) is 0 Å². The highest BCUT2D eigenvalue weighted by Gasteiger charge is 2.16. The van der Waals surface area contributed by atoms with Gasteiger partial charge < -0.3 is 10.4 Å². The lowest BCUT2D eigenvalue weighted by Crippen LogP contribution is -2.35. The first-order chi connectivity index (χ1) is 11.6. The van der Waals surface area contributed by atoms with Crippen LogP contribution in [0.5, 0.6) is 0 Å². The fourth-order valence-electron chi connectivity index (χ4n) is 2.82. The van der Waals surface area contributed by atoms with E-state index in [9.17, 15) is 9.90 Å². The van der Waals surface area contributed by atoms with Crippen LogP contribution in [-0.2, 0) is 13.1 Å². The number of piperidine rings is 1. The molecular formula is C18H21BrN2O2S. The monoisotopic (exact) mass is 408 g/mol. The van der Waals surface area contributed by atoms with Gasteiger partial charge in [0.2, 0.25) is 0 Å². The van der Waals surface area contributed by atoms with Crippen LogP contribution in [0.4, 0.5) is 0 Å². The molecular weight excluding hydrogens is 388 g/mol. The van der Waals surface area contributed by atoms with Crippen molar-refractivity contribution in [1.82, 2.24) is 10.2 Å². The molecule has 1 aromatic heterocycles. The summed E-state index contributed by atoms with van der Waals surface area (Å²) in [4.78, 5) is 15.2. The Kier molecular flexibility index (Phi) is 6.05.